The molecule has 0 saturated carbocycles. The fourth-order valence-electron chi connectivity index (χ4n) is 7.50. The van der Waals surface area contributed by atoms with Gasteiger partial charge >= 0.3 is 0 Å². The van der Waals surface area contributed by atoms with Crippen LogP contribution in [0.2, 0.25) is 0 Å². The van der Waals surface area contributed by atoms with Crippen LogP contribution < -0.4 is 9.80 Å². The van der Waals surface area contributed by atoms with Crippen molar-refractivity contribution in [3.05, 3.63) is 205 Å². The second kappa shape index (κ2) is 14.0. The predicted molar refractivity (Wildman–Crippen MR) is 229 cm³/mol. The number of aryl methyl sites for hydroxylation is 2. The van der Waals surface area contributed by atoms with Crippen molar-refractivity contribution >= 4 is 65.6 Å². The molecule has 8 aromatic carbocycles. The van der Waals surface area contributed by atoms with Gasteiger partial charge in [-0.25, -0.2) is 0 Å². The summed E-state index contributed by atoms with van der Waals surface area (Å²) in [6.07, 6.45) is 0. The SMILES string of the molecule is Cc1ccccc1-c1cc(N(c2ccc(-c3ccccc3)cc2)c2ccc3sc4cccc(N(c5ccccc5)c5ccccc5)c4c3c2)ccc1C. The van der Waals surface area contributed by atoms with E-state index in [1.165, 1.54) is 59.2 Å². The Hall–Kier alpha value is -6.42. The van der Waals surface area contributed by atoms with E-state index in [2.05, 4.69) is 218 Å². The lowest BCUT2D eigenvalue weighted by Gasteiger charge is -2.28. The lowest BCUT2D eigenvalue weighted by Crippen LogP contribution is -2.11. The monoisotopic (exact) mass is 698 g/mol. The largest absolute Gasteiger partial charge is 0.310 e. The van der Waals surface area contributed by atoms with Crippen molar-refractivity contribution in [1.82, 2.24) is 0 Å². The van der Waals surface area contributed by atoms with Gasteiger partial charge in [-0.05, 0) is 126 Å². The Balaban J connectivity index is 1.25. The molecule has 0 spiro atoms. The van der Waals surface area contributed by atoms with E-state index < -0.39 is 0 Å². The number of fused-ring (bicyclic) bond motifs is 3. The van der Waals surface area contributed by atoms with Crippen molar-refractivity contribution in [2.75, 3.05) is 9.80 Å². The lowest BCUT2D eigenvalue weighted by atomic mass is 9.95. The summed E-state index contributed by atoms with van der Waals surface area (Å²) < 4.78 is 2.53. The first-order valence-corrected chi connectivity index (χ1v) is 18.9. The van der Waals surface area contributed by atoms with Crippen molar-refractivity contribution < 1.29 is 0 Å². The van der Waals surface area contributed by atoms with Crippen LogP contribution in [-0.4, -0.2) is 0 Å². The number of anilines is 6. The Kier molecular flexibility index (Phi) is 8.55. The second-order valence-corrected chi connectivity index (χ2v) is 14.6. The van der Waals surface area contributed by atoms with Gasteiger partial charge in [0.05, 0.1) is 5.69 Å². The highest BCUT2D eigenvalue weighted by molar-refractivity contribution is 7.26. The molecule has 0 aliphatic rings. The first kappa shape index (κ1) is 32.5. The minimum absolute atomic E-state index is 1.11. The number of nitrogens with zero attached hydrogens (tertiary/aromatic N) is 2. The van der Waals surface area contributed by atoms with E-state index in [-0.39, 0.29) is 0 Å². The van der Waals surface area contributed by atoms with Crippen LogP contribution in [0.3, 0.4) is 0 Å². The molecule has 0 radical (unpaired) electrons. The third-order valence-corrected chi connectivity index (χ3v) is 11.3. The summed E-state index contributed by atoms with van der Waals surface area (Å²) in [6, 6.07) is 70.2. The van der Waals surface area contributed by atoms with Crippen molar-refractivity contribution in [1.29, 1.82) is 0 Å². The zero-order valence-electron chi connectivity index (χ0n) is 29.8. The van der Waals surface area contributed by atoms with Crippen molar-refractivity contribution in [2.45, 2.75) is 13.8 Å². The van der Waals surface area contributed by atoms with Crippen LogP contribution in [-0.2, 0) is 0 Å². The number of benzene rings is 8. The van der Waals surface area contributed by atoms with Crippen molar-refractivity contribution in [2.24, 2.45) is 0 Å². The highest BCUT2D eigenvalue weighted by Gasteiger charge is 2.21. The highest BCUT2D eigenvalue weighted by Crippen LogP contribution is 2.47. The number of thiophene rings is 1. The molecule has 0 aliphatic carbocycles. The zero-order chi connectivity index (χ0) is 35.7. The minimum Gasteiger partial charge on any atom is -0.310 e. The molecule has 9 aromatic rings. The van der Waals surface area contributed by atoms with Crippen molar-refractivity contribution in [3.8, 4) is 22.3 Å². The maximum atomic E-state index is 2.41. The second-order valence-electron chi connectivity index (χ2n) is 13.5. The summed E-state index contributed by atoms with van der Waals surface area (Å²) in [5, 5.41) is 2.50. The molecule has 0 atom stereocenters. The third-order valence-electron chi connectivity index (χ3n) is 10.1. The van der Waals surface area contributed by atoms with E-state index in [1.807, 2.05) is 11.3 Å². The zero-order valence-corrected chi connectivity index (χ0v) is 30.6. The molecule has 0 bridgehead atoms. The minimum atomic E-state index is 1.11. The Labute approximate surface area is 315 Å². The Morgan fingerprint density at radius 1 is 0.358 bits per heavy atom. The first-order valence-electron chi connectivity index (χ1n) is 18.1. The third kappa shape index (κ3) is 6.16. The fraction of sp³-hybridized carbons (Fsp3) is 0.0400. The fourth-order valence-corrected chi connectivity index (χ4v) is 8.61. The first-order chi connectivity index (χ1) is 26.1. The number of hydrogen-bond acceptors (Lipinski definition) is 3. The molecule has 1 aromatic heterocycles. The Morgan fingerprint density at radius 3 is 1.60 bits per heavy atom. The predicted octanol–water partition coefficient (Wildman–Crippen LogP) is 14.9. The standard InChI is InChI=1S/C50H38N2S/c1-35-15-12-13-22-44(35)45-33-42(28-25-36(45)2)51(41-29-26-38(27-30-41)37-16-6-3-7-17-37)43-31-32-48-46(34-43)50-47(23-14-24-49(50)53-48)52(39-18-8-4-9-19-39)40-20-10-5-11-21-40/h3-34H,1-2H3. The quantitative estimate of drug-likeness (QED) is 0.156. The molecule has 1 heterocycles. The van der Waals surface area contributed by atoms with Crippen LogP contribution in [0.4, 0.5) is 34.1 Å². The smallest absolute Gasteiger partial charge is 0.0554 e. The Morgan fingerprint density at radius 2 is 0.906 bits per heavy atom. The maximum absolute atomic E-state index is 2.41. The van der Waals surface area contributed by atoms with Gasteiger partial charge in [0.1, 0.15) is 0 Å². The topological polar surface area (TPSA) is 6.48 Å². The molecule has 2 nitrogen and oxygen atoms in total. The van der Waals surface area contributed by atoms with Gasteiger partial charge in [-0.15, -0.1) is 11.3 Å². The van der Waals surface area contributed by atoms with E-state index in [9.17, 15) is 0 Å². The molecule has 0 unspecified atom stereocenters. The maximum Gasteiger partial charge on any atom is 0.0554 e. The van der Waals surface area contributed by atoms with Crippen LogP contribution in [0.1, 0.15) is 11.1 Å². The Bertz CT molecular complexity index is 2640. The van der Waals surface area contributed by atoms with Gasteiger partial charge < -0.3 is 9.80 Å². The average Bonchev–Trinajstić information content (AvgIpc) is 3.59. The summed E-state index contributed by atoms with van der Waals surface area (Å²) >= 11 is 1.85. The summed E-state index contributed by atoms with van der Waals surface area (Å²) in [5.41, 5.74) is 14.2. The van der Waals surface area contributed by atoms with E-state index in [4.69, 9.17) is 0 Å². The van der Waals surface area contributed by atoms with Gasteiger partial charge in [0.25, 0.3) is 0 Å². The number of rotatable bonds is 8. The average molecular weight is 699 g/mol. The number of para-hydroxylation sites is 2. The molecule has 254 valence electrons. The van der Waals surface area contributed by atoms with Crippen LogP contribution in [0.15, 0.2) is 194 Å². The van der Waals surface area contributed by atoms with Crippen LogP contribution in [0, 0.1) is 13.8 Å². The molecule has 0 saturated heterocycles. The van der Waals surface area contributed by atoms with Crippen LogP contribution in [0.5, 0.6) is 0 Å². The van der Waals surface area contributed by atoms with Crippen LogP contribution >= 0.6 is 11.3 Å². The molecule has 0 N–H and O–H groups in total. The molecule has 0 aliphatic heterocycles. The van der Waals surface area contributed by atoms with Gasteiger partial charge in [-0.1, -0.05) is 115 Å². The highest BCUT2D eigenvalue weighted by atomic mass is 32.1. The summed E-state index contributed by atoms with van der Waals surface area (Å²) in [6.45, 7) is 4.41. The van der Waals surface area contributed by atoms with Gasteiger partial charge in [0, 0.05) is 48.6 Å². The van der Waals surface area contributed by atoms with Crippen LogP contribution in [0.25, 0.3) is 42.4 Å². The van der Waals surface area contributed by atoms with E-state index >= 15 is 0 Å². The van der Waals surface area contributed by atoms with Crippen molar-refractivity contribution in [3.63, 3.8) is 0 Å². The molecule has 9 rings (SSSR count). The van der Waals surface area contributed by atoms with Gasteiger partial charge in [-0.3, -0.25) is 0 Å². The molecule has 53 heavy (non-hydrogen) atoms. The van der Waals surface area contributed by atoms with E-state index in [0.29, 0.717) is 0 Å². The van der Waals surface area contributed by atoms with E-state index in [1.54, 1.807) is 0 Å². The van der Waals surface area contributed by atoms with Gasteiger partial charge in [0.2, 0.25) is 0 Å². The summed E-state index contributed by atoms with van der Waals surface area (Å²) in [5.74, 6) is 0. The molecule has 3 heteroatoms. The number of hydrogen-bond donors (Lipinski definition) is 0. The lowest BCUT2D eigenvalue weighted by molar-refractivity contribution is 1.28. The van der Waals surface area contributed by atoms with Gasteiger partial charge in [-0.2, -0.15) is 0 Å². The molecule has 0 amide bonds. The summed E-state index contributed by atoms with van der Waals surface area (Å²) in [7, 11) is 0. The molecular weight excluding hydrogens is 661 g/mol. The van der Waals surface area contributed by atoms with E-state index in [0.717, 1.165) is 28.4 Å². The van der Waals surface area contributed by atoms with Gasteiger partial charge in [0.15, 0.2) is 0 Å². The summed E-state index contributed by atoms with van der Waals surface area (Å²) in [4.78, 5) is 4.80. The molecular formula is C50H38N2S. The normalized spacial score (nSPS) is 11.2. The molecule has 0 fully saturated rings.